The number of halogens is 2. The number of terminal acetylenes is 2. The van der Waals surface area contributed by atoms with Crippen molar-refractivity contribution in [2.75, 3.05) is 4.90 Å². The summed E-state index contributed by atoms with van der Waals surface area (Å²) in [6.45, 7) is 12.3. The van der Waals surface area contributed by atoms with Gasteiger partial charge in [0.1, 0.15) is 0 Å². The number of benzene rings is 3. The van der Waals surface area contributed by atoms with Crippen molar-refractivity contribution in [2.24, 2.45) is 0 Å². The lowest BCUT2D eigenvalue weighted by Gasteiger charge is -2.15. The van der Waals surface area contributed by atoms with E-state index < -0.39 is 0 Å². The van der Waals surface area contributed by atoms with Crippen LogP contribution in [0.5, 0.6) is 0 Å². The van der Waals surface area contributed by atoms with E-state index in [1.54, 1.807) is 11.1 Å². The molecular formula is C80H133I2N3O. The SMILES string of the molecule is C.C#CC#CC#CC#CC#CC#CC#CC#CC#CC#CC#C[N+]1=C(/C=C/C=C/C=C/N(C(C)=O)c2ccccc2)C(C)(C)c2ccccc21.C#CC#CC#CC#CC#CC#CC#CC#CC#CC#CC#C[N+]1=C(C)C(C)(C)c2ccccc21.[2HH].[HH].[HH].[HH].[HH].[HH].[HH].[HH].[HH].[HH].[HH].[HH].[HH].[HH].[HH].[HH].[HH].[HH].[HH].[HH].[HH].[HH].[HH].[HH].[HH].[HH].[HH].[HH].[HH].[HH].[HH].[HH].[HH].[HH].[HH].[HH].[HH].[HH].[HH].[HH].[HH].[HH].[HH].[HH].[HH].[I-].[I-]. The molecule has 6 heteroatoms. The second-order valence-electron chi connectivity index (χ2n) is 16.5. The minimum Gasteiger partial charge on any atom is -1.00 e. The van der Waals surface area contributed by atoms with Crippen molar-refractivity contribution in [2.45, 2.75) is 59.8 Å². The number of hydrogen-bond donors (Lipinski definition) is 0. The standard InChI is InChI=1S/C46H25N2O.C33H14N.CH4.2HI.45H2/c1-5-6-7-8-9-10-11-12-13-14-15-16-17-18-19-20-21-22-24-33-40-48-44-37-31-30-36-43(44)46(3,4)45(48)38-29-23-25-32-39-47(41(2)49)42-34-27-26-28-35-42;1-5-6-7-8-9-10-11-12-13-14-15-16-17-18-19-20-21-22-23-26-29-34-30(2)33(3,4)31-27-24-25-28-32(31)34;;;;;;;;;;;;;;;;;;;;;;;;;;;;;;;;;;;;;;;;;;;;;;;;/h1,23,25-32,34-39H,2-4H3;1,24-25,27-28H,2-4H3;1H4;47*1H/q2*+1;;;;;;;;;;;;;;;;;;;;;;;;;;;;;;;;;;;;;;;;;;;;;;;;/p-2/i;;;;;1+1;;;;;;;;;;;;;;;;;;;;;;;;;;;;;;;;;;;;;;;;;;;;. The largest absolute Gasteiger partial charge is 1.00 e. The summed E-state index contributed by atoms with van der Waals surface area (Å²) in [5.41, 5.74) is 7.13. The molecule has 5 rings (SSSR count). The molecule has 3 aromatic carbocycles. The highest BCUT2D eigenvalue weighted by atomic mass is 127. The van der Waals surface area contributed by atoms with E-state index in [1.165, 1.54) is 12.5 Å². The molecular weight excluding hydrogens is 1270 g/mol. The van der Waals surface area contributed by atoms with Crippen LogP contribution in [0.3, 0.4) is 0 Å². The Hall–Kier alpha value is -12.5. The summed E-state index contributed by atoms with van der Waals surface area (Å²) in [4.78, 5) is 13.7. The van der Waals surface area contributed by atoms with Gasteiger partial charge in [0.25, 0.3) is 0 Å². The van der Waals surface area contributed by atoms with Gasteiger partial charge in [-0.3, -0.25) is 9.69 Å². The number of para-hydroxylation sites is 3. The lowest BCUT2D eigenvalue weighted by Crippen LogP contribution is -3.00. The summed E-state index contributed by atoms with van der Waals surface area (Å²) < 4.78 is 3.93. The molecule has 0 saturated heterocycles. The van der Waals surface area contributed by atoms with E-state index in [0.29, 0.717) is 0 Å². The average Bonchev–Trinajstić information content (AvgIpc) is 1.61. The van der Waals surface area contributed by atoms with Crippen molar-refractivity contribution in [1.29, 1.82) is 0 Å². The molecule has 2 aliphatic rings. The lowest BCUT2D eigenvalue weighted by atomic mass is 9.81. The van der Waals surface area contributed by atoms with E-state index >= 15 is 0 Å². The molecule has 0 N–H and O–H groups in total. The van der Waals surface area contributed by atoms with Crippen molar-refractivity contribution in [3.8, 4) is 262 Å². The van der Waals surface area contributed by atoms with Crippen LogP contribution < -0.4 is 52.9 Å². The maximum atomic E-state index is 12.1. The number of hydrogen-bond acceptors (Lipinski definition) is 1. The van der Waals surface area contributed by atoms with E-state index in [4.69, 9.17) is 12.8 Å². The Kier molecular flexibility index (Phi) is 35.2. The van der Waals surface area contributed by atoms with Gasteiger partial charge in [-0.15, -0.1) is 22.0 Å². The zero-order chi connectivity index (χ0) is 59.5. The number of fused-ring (bicyclic) bond motifs is 2. The Labute approximate surface area is 611 Å². The molecule has 0 aromatic heterocycles. The van der Waals surface area contributed by atoms with E-state index in [0.717, 1.165) is 34.0 Å². The summed E-state index contributed by atoms with van der Waals surface area (Å²) in [7, 11) is 0. The molecule has 2 aliphatic heterocycles. The molecule has 0 unspecified atom stereocenters. The number of allylic oxidation sites excluding steroid dienone is 5. The molecule has 4 nitrogen and oxygen atoms in total. The normalized spacial score (nSPS) is 9.91. The van der Waals surface area contributed by atoms with Gasteiger partial charge >= 0.3 is 0 Å². The number of rotatable bonds is 5. The third-order valence-electron chi connectivity index (χ3n) is 10.7. The van der Waals surface area contributed by atoms with Crippen LogP contribution in [0.1, 0.15) is 124 Å². The first-order valence-corrected chi connectivity index (χ1v) is 24.3. The molecule has 2 heterocycles. The monoisotopic (exact) mass is 1410 g/mol. The smallest absolute Gasteiger partial charge is 0.243 e. The van der Waals surface area contributed by atoms with Crippen LogP contribution in [-0.4, -0.2) is 26.5 Å². The third kappa shape index (κ3) is 25.3. The topological polar surface area (TPSA) is 26.3 Å². The van der Waals surface area contributed by atoms with Crippen LogP contribution >= 0.6 is 0 Å². The second kappa shape index (κ2) is 42.4. The summed E-state index contributed by atoms with van der Waals surface area (Å²) >= 11 is 0. The predicted molar refractivity (Wildman–Crippen MR) is 437 cm³/mol. The van der Waals surface area contributed by atoms with Crippen molar-refractivity contribution in [1.82, 2.24) is 0 Å². The lowest BCUT2D eigenvalue weighted by molar-refractivity contribution is -0.334. The summed E-state index contributed by atoms with van der Waals surface area (Å²) in [5.74, 6) is 101. The summed E-state index contributed by atoms with van der Waals surface area (Å²) in [5, 5.41) is 0. The van der Waals surface area contributed by atoms with E-state index in [2.05, 4.69) is 302 Å². The van der Waals surface area contributed by atoms with Crippen LogP contribution in [0.4, 0.5) is 17.1 Å². The highest BCUT2D eigenvalue weighted by Gasteiger charge is 2.44. The summed E-state index contributed by atoms with van der Waals surface area (Å²) in [6, 6.07) is 32.1. The number of carbonyl (C=O) groups is 1. The van der Waals surface area contributed by atoms with E-state index in [9.17, 15) is 4.79 Å². The van der Waals surface area contributed by atoms with Gasteiger partial charge < -0.3 is 48.0 Å². The third-order valence-corrected chi connectivity index (χ3v) is 10.7. The van der Waals surface area contributed by atoms with Crippen molar-refractivity contribution < 1.29 is 126 Å². The molecule has 0 radical (unpaired) electrons. The van der Waals surface area contributed by atoms with Gasteiger partial charge in [0.2, 0.25) is 35.1 Å². The zero-order valence-electron chi connectivity index (χ0n) is 46.6. The molecule has 3 aromatic rings. The molecule has 0 saturated carbocycles. The van der Waals surface area contributed by atoms with Gasteiger partial charge in [-0.2, -0.15) is 0 Å². The number of anilines is 1. The molecule has 488 valence electrons. The molecule has 0 fully saturated rings. The Bertz CT molecular complexity index is 4930. The molecule has 86 heavy (non-hydrogen) atoms. The van der Waals surface area contributed by atoms with Crippen LogP contribution in [0, 0.1) is 262 Å². The van der Waals surface area contributed by atoms with Gasteiger partial charge in [0, 0.05) is 250 Å². The van der Waals surface area contributed by atoms with E-state index in [-0.39, 0.29) is 136 Å². The second-order valence-corrected chi connectivity index (χ2v) is 16.5. The van der Waals surface area contributed by atoms with Crippen LogP contribution in [-0.2, 0) is 15.6 Å². The first-order valence-electron chi connectivity index (χ1n) is 24.3. The number of carbonyl (C=O) groups excluding carboxylic acids is 1. The Morgan fingerprint density at radius 3 is 1.10 bits per heavy atom. The number of nitrogens with zero attached hydrogens (tertiary/aromatic N) is 3. The van der Waals surface area contributed by atoms with Gasteiger partial charge in [-0.05, 0) is 141 Å². The number of amides is 1. The first kappa shape index (κ1) is 71.5. The van der Waals surface area contributed by atoms with Gasteiger partial charge in [-0.1, -0.05) is 80.3 Å². The van der Waals surface area contributed by atoms with Crippen molar-refractivity contribution in [3.05, 3.63) is 127 Å². The Balaban J connectivity index is -0.0000000197. The quantitative estimate of drug-likeness (QED) is 0.108. The summed E-state index contributed by atoms with van der Waals surface area (Å²) in [6.07, 6.45) is 21.3. The van der Waals surface area contributed by atoms with Gasteiger partial charge in [0.05, 0.1) is 22.7 Å². The van der Waals surface area contributed by atoms with Gasteiger partial charge in [0.15, 0.2) is 5.71 Å². The highest BCUT2D eigenvalue weighted by Crippen LogP contribution is 2.40. The van der Waals surface area contributed by atoms with Crippen molar-refractivity contribution >= 4 is 34.4 Å². The molecule has 0 atom stereocenters. The van der Waals surface area contributed by atoms with Crippen LogP contribution in [0.15, 0.2) is 115 Å². The minimum absolute atomic E-state index is 0. The maximum absolute atomic E-state index is 12.1. The highest BCUT2D eigenvalue weighted by molar-refractivity contribution is 6.03. The fraction of sp³-hybridized carbons (Fsp3) is 0.113. The predicted octanol–water partition coefficient (Wildman–Crippen LogP) is 13.8. The van der Waals surface area contributed by atoms with Crippen LogP contribution in [0.25, 0.3) is 0 Å². The minimum atomic E-state index is -0.285. The molecule has 0 bridgehead atoms. The average molecular weight is 1410 g/mol. The zero-order valence-corrected chi connectivity index (χ0v) is 50.9. The first-order chi connectivity index (χ1) is 40.6. The van der Waals surface area contributed by atoms with E-state index in [1.807, 2.05) is 100 Å². The molecule has 0 aliphatic carbocycles. The molecule has 1 amide bonds. The van der Waals surface area contributed by atoms with Crippen LogP contribution in [0.2, 0.25) is 0 Å². The Morgan fingerprint density at radius 2 is 0.733 bits per heavy atom. The fourth-order valence-electron chi connectivity index (χ4n) is 6.82. The molecule has 0 spiro atoms. The Morgan fingerprint density at radius 1 is 0.430 bits per heavy atom. The van der Waals surface area contributed by atoms with Gasteiger partial charge in [-0.25, -0.2) is 0 Å². The maximum Gasteiger partial charge on any atom is 0.243 e. The van der Waals surface area contributed by atoms with Crippen molar-refractivity contribution in [3.63, 3.8) is 0 Å². The fourth-order valence-corrected chi connectivity index (χ4v) is 6.82.